The highest BCUT2D eigenvalue weighted by atomic mass is 16.6. The molecule has 0 saturated heterocycles. The normalized spacial score (nSPS) is 10.3. The molecule has 1 aromatic rings. The monoisotopic (exact) mass is 294 g/mol. The number of hydrogen-bond donors (Lipinski definition) is 0. The molecule has 21 heavy (non-hydrogen) atoms. The molecule has 0 heterocycles. The maximum atomic E-state index is 12.4. The summed E-state index contributed by atoms with van der Waals surface area (Å²) >= 11 is 0. The van der Waals surface area contributed by atoms with Gasteiger partial charge in [-0.15, -0.1) is 0 Å². The molecule has 0 spiro atoms. The van der Waals surface area contributed by atoms with E-state index in [0.29, 0.717) is 11.1 Å². The van der Waals surface area contributed by atoms with Crippen LogP contribution in [0.2, 0.25) is 0 Å². The van der Waals surface area contributed by atoms with Crippen molar-refractivity contribution in [3.63, 3.8) is 0 Å². The van der Waals surface area contributed by atoms with E-state index in [1.807, 2.05) is 0 Å². The summed E-state index contributed by atoms with van der Waals surface area (Å²) in [6.07, 6.45) is 0. The molecule has 0 aliphatic rings. The first kappa shape index (κ1) is 16.6. The maximum absolute atomic E-state index is 12.4. The maximum Gasteiger partial charge on any atom is 0.325 e. The van der Waals surface area contributed by atoms with Crippen LogP contribution in [0.1, 0.15) is 29.8 Å². The van der Waals surface area contributed by atoms with Gasteiger partial charge in [-0.2, -0.15) is 0 Å². The molecule has 0 bridgehead atoms. The molecule has 0 aliphatic carbocycles. The zero-order valence-electron chi connectivity index (χ0n) is 12.5. The van der Waals surface area contributed by atoms with Crippen molar-refractivity contribution in [3.8, 4) is 0 Å². The number of ether oxygens (including phenoxy) is 1. The van der Waals surface area contributed by atoms with Crippen molar-refractivity contribution in [2.75, 3.05) is 13.7 Å². The molecule has 0 unspecified atom stereocenters. The summed E-state index contributed by atoms with van der Waals surface area (Å²) in [7, 11) is 1.25. The van der Waals surface area contributed by atoms with Gasteiger partial charge in [-0.05, 0) is 32.9 Å². The van der Waals surface area contributed by atoms with E-state index in [-0.39, 0.29) is 24.2 Å². The Labute approximate surface area is 122 Å². The predicted octanol–water partition coefficient (Wildman–Crippen LogP) is 1.93. The summed E-state index contributed by atoms with van der Waals surface area (Å²) < 4.78 is 4.57. The van der Waals surface area contributed by atoms with Gasteiger partial charge < -0.3 is 9.64 Å². The van der Waals surface area contributed by atoms with E-state index in [4.69, 9.17) is 0 Å². The molecule has 7 heteroatoms. The van der Waals surface area contributed by atoms with E-state index >= 15 is 0 Å². The zero-order chi connectivity index (χ0) is 16.2. The Balaban J connectivity index is 3.07. The number of carbonyl (C=O) groups excluding carboxylic acids is 2. The van der Waals surface area contributed by atoms with E-state index < -0.39 is 10.9 Å². The smallest absolute Gasteiger partial charge is 0.325 e. The molecular formula is C14H18N2O5. The Hall–Kier alpha value is -2.44. The van der Waals surface area contributed by atoms with Gasteiger partial charge in [0.15, 0.2) is 0 Å². The summed E-state index contributed by atoms with van der Waals surface area (Å²) in [5.74, 6) is -0.885. The van der Waals surface area contributed by atoms with Crippen molar-refractivity contribution >= 4 is 17.6 Å². The highest BCUT2D eigenvalue weighted by Crippen LogP contribution is 2.20. The first-order valence-corrected chi connectivity index (χ1v) is 6.40. The second-order valence-electron chi connectivity index (χ2n) is 4.86. The van der Waals surface area contributed by atoms with Crippen LogP contribution in [0.15, 0.2) is 18.2 Å². The van der Waals surface area contributed by atoms with Gasteiger partial charge >= 0.3 is 5.97 Å². The number of hydrogen-bond acceptors (Lipinski definition) is 5. The van der Waals surface area contributed by atoms with Crippen molar-refractivity contribution in [3.05, 3.63) is 39.4 Å². The van der Waals surface area contributed by atoms with Gasteiger partial charge in [-0.1, -0.05) is 0 Å². The molecular weight excluding hydrogens is 276 g/mol. The summed E-state index contributed by atoms with van der Waals surface area (Å²) in [6.45, 7) is 4.95. The summed E-state index contributed by atoms with van der Waals surface area (Å²) in [4.78, 5) is 35.4. The molecule has 114 valence electrons. The summed E-state index contributed by atoms with van der Waals surface area (Å²) in [5, 5.41) is 10.8. The van der Waals surface area contributed by atoms with Crippen molar-refractivity contribution in [1.29, 1.82) is 0 Å². The molecule has 1 rings (SSSR count). The molecule has 0 fully saturated rings. The Bertz CT molecular complexity index is 568. The third kappa shape index (κ3) is 4.01. The average Bonchev–Trinajstić information content (AvgIpc) is 2.42. The molecule has 0 radical (unpaired) electrons. The molecule has 0 atom stereocenters. The minimum atomic E-state index is -0.518. The first-order valence-electron chi connectivity index (χ1n) is 6.40. The standard InChI is InChI=1S/C14H18N2O5/c1-9(2)15(8-13(17)21-4)14(18)11-5-6-12(16(19)20)10(3)7-11/h5-7,9H,8H2,1-4H3. The van der Waals surface area contributed by atoms with Gasteiger partial charge in [-0.3, -0.25) is 19.7 Å². The average molecular weight is 294 g/mol. The number of methoxy groups -OCH3 is 1. The van der Waals surface area contributed by atoms with E-state index in [1.54, 1.807) is 20.8 Å². The van der Waals surface area contributed by atoms with Gasteiger partial charge in [0.25, 0.3) is 11.6 Å². The number of nitro groups is 1. The van der Waals surface area contributed by atoms with Crippen LogP contribution < -0.4 is 0 Å². The lowest BCUT2D eigenvalue weighted by atomic mass is 10.1. The van der Waals surface area contributed by atoms with Crippen LogP contribution in [-0.4, -0.2) is 41.4 Å². The molecule has 7 nitrogen and oxygen atoms in total. The number of nitrogens with zero attached hydrogens (tertiary/aromatic N) is 2. The number of nitro benzene ring substituents is 1. The molecule has 0 N–H and O–H groups in total. The Morgan fingerprint density at radius 1 is 1.38 bits per heavy atom. The van der Waals surface area contributed by atoms with Gasteiger partial charge in [0.05, 0.1) is 12.0 Å². The van der Waals surface area contributed by atoms with Crippen LogP contribution in [0.25, 0.3) is 0 Å². The summed E-state index contributed by atoms with van der Waals surface area (Å²) in [5.41, 5.74) is 0.652. The Morgan fingerprint density at radius 2 is 2.00 bits per heavy atom. The minimum Gasteiger partial charge on any atom is -0.468 e. The number of benzene rings is 1. The predicted molar refractivity (Wildman–Crippen MR) is 76.0 cm³/mol. The Morgan fingerprint density at radius 3 is 2.43 bits per heavy atom. The topological polar surface area (TPSA) is 89.8 Å². The molecule has 1 amide bonds. The fraction of sp³-hybridized carbons (Fsp3) is 0.429. The minimum absolute atomic E-state index is 0.0457. The quantitative estimate of drug-likeness (QED) is 0.470. The molecule has 0 saturated carbocycles. The van der Waals surface area contributed by atoms with Crippen LogP contribution in [0.3, 0.4) is 0 Å². The second kappa shape index (κ2) is 6.83. The van der Waals surface area contributed by atoms with E-state index in [1.165, 1.54) is 30.2 Å². The third-order valence-electron chi connectivity index (χ3n) is 3.05. The third-order valence-corrected chi connectivity index (χ3v) is 3.05. The lowest BCUT2D eigenvalue weighted by molar-refractivity contribution is -0.385. The fourth-order valence-corrected chi connectivity index (χ4v) is 1.85. The second-order valence-corrected chi connectivity index (χ2v) is 4.86. The number of carbonyl (C=O) groups is 2. The van der Waals surface area contributed by atoms with Crippen molar-refractivity contribution in [1.82, 2.24) is 4.90 Å². The van der Waals surface area contributed by atoms with Crippen molar-refractivity contribution < 1.29 is 19.2 Å². The van der Waals surface area contributed by atoms with Crippen molar-refractivity contribution in [2.24, 2.45) is 0 Å². The number of esters is 1. The number of rotatable bonds is 5. The van der Waals surface area contributed by atoms with Crippen LogP contribution in [0, 0.1) is 17.0 Å². The highest BCUT2D eigenvalue weighted by Gasteiger charge is 2.23. The lowest BCUT2D eigenvalue weighted by Gasteiger charge is -2.25. The van der Waals surface area contributed by atoms with Crippen LogP contribution >= 0.6 is 0 Å². The van der Waals surface area contributed by atoms with Gasteiger partial charge in [-0.25, -0.2) is 0 Å². The molecule has 0 aromatic heterocycles. The van der Waals surface area contributed by atoms with Crippen molar-refractivity contribution in [2.45, 2.75) is 26.8 Å². The van der Waals surface area contributed by atoms with Crippen LogP contribution in [0.4, 0.5) is 5.69 Å². The molecule has 1 aromatic carbocycles. The number of amides is 1. The van der Waals surface area contributed by atoms with Crippen LogP contribution in [0.5, 0.6) is 0 Å². The van der Waals surface area contributed by atoms with E-state index in [2.05, 4.69) is 4.74 Å². The first-order chi connectivity index (χ1) is 9.77. The lowest BCUT2D eigenvalue weighted by Crippen LogP contribution is -2.41. The SMILES string of the molecule is COC(=O)CN(C(=O)c1ccc([N+](=O)[O-])c(C)c1)C(C)C. The van der Waals surface area contributed by atoms with E-state index in [9.17, 15) is 19.7 Å². The largest absolute Gasteiger partial charge is 0.468 e. The van der Waals surface area contributed by atoms with Gasteiger partial charge in [0.1, 0.15) is 6.54 Å². The van der Waals surface area contributed by atoms with Crippen LogP contribution in [-0.2, 0) is 9.53 Å². The molecule has 0 aliphatic heterocycles. The zero-order valence-corrected chi connectivity index (χ0v) is 12.5. The van der Waals surface area contributed by atoms with E-state index in [0.717, 1.165) is 0 Å². The highest BCUT2D eigenvalue weighted by molar-refractivity contribution is 5.96. The van der Waals surface area contributed by atoms with Gasteiger partial charge in [0.2, 0.25) is 0 Å². The fourth-order valence-electron chi connectivity index (χ4n) is 1.85. The Kier molecular flexibility index (Phi) is 5.40. The number of aryl methyl sites for hydroxylation is 1. The summed E-state index contributed by atoms with van der Waals surface area (Å²) in [6, 6.07) is 3.93. The van der Waals surface area contributed by atoms with Gasteiger partial charge in [0, 0.05) is 23.2 Å².